The van der Waals surface area contributed by atoms with Crippen LogP contribution in [0.3, 0.4) is 0 Å². The van der Waals surface area contributed by atoms with E-state index in [-0.39, 0.29) is 6.61 Å². The summed E-state index contributed by atoms with van der Waals surface area (Å²) >= 11 is 0. The van der Waals surface area contributed by atoms with Crippen LogP contribution >= 0.6 is 0 Å². The summed E-state index contributed by atoms with van der Waals surface area (Å²) in [5, 5.41) is 10.3. The second-order valence-corrected chi connectivity index (χ2v) is 7.98. The van der Waals surface area contributed by atoms with E-state index in [9.17, 15) is 0 Å². The smallest absolute Gasteiger partial charge is 0.214 e. The Morgan fingerprint density at radius 3 is 2.44 bits per heavy atom. The van der Waals surface area contributed by atoms with Gasteiger partial charge in [-0.15, -0.1) is 0 Å². The van der Waals surface area contributed by atoms with Crippen LogP contribution in [0.25, 0.3) is 10.9 Å². The molecule has 1 saturated heterocycles. The number of β-amino-alcohol motifs (C(OH)–C–C–N with tert-alkyl or cyclic N) is 1. The Morgan fingerprint density at radius 2 is 1.67 bits per heavy atom. The molecule has 0 amide bonds. The number of nitrogens with zero attached hydrogens (tertiary/aromatic N) is 3. The van der Waals surface area contributed by atoms with Crippen molar-refractivity contribution >= 4 is 16.6 Å². The molecule has 27 heavy (non-hydrogen) atoms. The van der Waals surface area contributed by atoms with Gasteiger partial charge in [-0.05, 0) is 25.3 Å². The molecular weight excluding hydrogens is 336 g/mol. The molecule has 1 aliphatic carbocycles. The number of aryl methyl sites for hydroxylation is 1. The molecule has 0 unspecified atom stereocenters. The Balaban J connectivity index is 1.47. The van der Waals surface area contributed by atoms with Gasteiger partial charge in [-0.2, -0.15) is 4.57 Å². The van der Waals surface area contributed by atoms with E-state index in [0.717, 1.165) is 64.3 Å². The van der Waals surface area contributed by atoms with E-state index in [0.29, 0.717) is 0 Å². The van der Waals surface area contributed by atoms with E-state index in [1.807, 2.05) is 0 Å². The summed E-state index contributed by atoms with van der Waals surface area (Å²) in [6.07, 6.45) is 5.99. The first kappa shape index (κ1) is 18.7. The number of hydrogen-bond donors (Lipinski definition) is 2. The molecule has 4 rings (SSSR count). The van der Waals surface area contributed by atoms with Crippen LogP contribution in [0.15, 0.2) is 24.3 Å². The molecule has 5 nitrogen and oxygen atoms in total. The van der Waals surface area contributed by atoms with Crippen LogP contribution in [0.2, 0.25) is 0 Å². The fourth-order valence-corrected chi connectivity index (χ4v) is 4.81. The van der Waals surface area contributed by atoms with Gasteiger partial charge in [-0.1, -0.05) is 12.1 Å². The fourth-order valence-electron chi connectivity index (χ4n) is 4.81. The number of aliphatic hydroxyl groups excluding tert-OH is 1. The van der Waals surface area contributed by atoms with Gasteiger partial charge in [-0.3, -0.25) is 4.90 Å². The van der Waals surface area contributed by atoms with Gasteiger partial charge in [0.2, 0.25) is 5.52 Å². The van der Waals surface area contributed by atoms with E-state index >= 15 is 0 Å². The van der Waals surface area contributed by atoms with Gasteiger partial charge in [0.15, 0.2) is 12.2 Å². The van der Waals surface area contributed by atoms with Crippen molar-refractivity contribution in [2.24, 2.45) is 0 Å². The number of anilines is 1. The summed E-state index contributed by atoms with van der Waals surface area (Å²) in [5.41, 5.74) is 11.7. The molecule has 0 spiro atoms. The summed E-state index contributed by atoms with van der Waals surface area (Å²) in [4.78, 5) is 4.93. The molecule has 0 atom stereocenters. The number of pyridine rings is 1. The number of aromatic nitrogens is 1. The van der Waals surface area contributed by atoms with Crippen LogP contribution in [0.5, 0.6) is 0 Å². The van der Waals surface area contributed by atoms with Crippen LogP contribution in [-0.4, -0.2) is 60.8 Å². The van der Waals surface area contributed by atoms with Crippen LogP contribution in [0, 0.1) is 0 Å². The third kappa shape index (κ3) is 3.96. The first-order valence-corrected chi connectivity index (χ1v) is 10.6. The van der Waals surface area contributed by atoms with Crippen molar-refractivity contribution in [3.8, 4) is 0 Å². The minimum atomic E-state index is 0.270. The van der Waals surface area contributed by atoms with Crippen LogP contribution in [-0.2, 0) is 19.4 Å². The van der Waals surface area contributed by atoms with Gasteiger partial charge < -0.3 is 15.7 Å². The molecule has 5 heteroatoms. The minimum absolute atomic E-state index is 0.270. The van der Waals surface area contributed by atoms with Gasteiger partial charge in [0.25, 0.3) is 0 Å². The normalized spacial score (nSPS) is 18.7. The quantitative estimate of drug-likeness (QED) is 0.760. The molecule has 1 aliphatic heterocycles. The molecule has 3 N–H and O–H groups in total. The Morgan fingerprint density at radius 1 is 0.963 bits per heavy atom. The van der Waals surface area contributed by atoms with Crippen molar-refractivity contribution in [2.45, 2.75) is 38.6 Å². The van der Waals surface area contributed by atoms with Crippen molar-refractivity contribution in [3.05, 3.63) is 35.5 Å². The third-order valence-corrected chi connectivity index (χ3v) is 6.31. The summed E-state index contributed by atoms with van der Waals surface area (Å²) in [5.74, 6) is 0. The van der Waals surface area contributed by atoms with Crippen molar-refractivity contribution in [1.82, 2.24) is 9.80 Å². The molecule has 2 aliphatic rings. The molecule has 0 saturated carbocycles. The number of nitrogens with two attached hydrogens (primary N) is 1. The summed E-state index contributed by atoms with van der Waals surface area (Å²) in [7, 11) is 0. The van der Waals surface area contributed by atoms with E-state index in [4.69, 9.17) is 10.8 Å². The van der Waals surface area contributed by atoms with Gasteiger partial charge in [0, 0.05) is 63.7 Å². The average molecular weight is 370 g/mol. The lowest BCUT2D eigenvalue weighted by Gasteiger charge is -2.34. The zero-order chi connectivity index (χ0) is 18.6. The minimum Gasteiger partial charge on any atom is -0.398 e. The van der Waals surface area contributed by atoms with Gasteiger partial charge in [0.05, 0.1) is 17.7 Å². The lowest BCUT2D eigenvalue weighted by molar-refractivity contribution is -0.679. The standard InChI is InChI=1S/C22H32N4O/c23-22-18-6-1-3-8-20(18)26(21-9-4-2-7-19(21)22)11-5-10-24-12-14-25(15-13-24)16-17-27/h1,3,6,8,23,27H,2,4-5,7,9-17H2/p+1. The zero-order valence-corrected chi connectivity index (χ0v) is 16.4. The number of nitrogen functional groups attached to an aromatic ring is 1. The monoisotopic (exact) mass is 369 g/mol. The fraction of sp³-hybridized carbons (Fsp3) is 0.591. The Labute approximate surface area is 162 Å². The molecule has 2 aromatic rings. The summed E-state index contributed by atoms with van der Waals surface area (Å²) in [6, 6.07) is 8.64. The number of para-hydroxylation sites is 1. The average Bonchev–Trinajstić information content (AvgIpc) is 2.72. The lowest BCUT2D eigenvalue weighted by Crippen LogP contribution is -2.48. The molecule has 1 aromatic heterocycles. The predicted molar refractivity (Wildman–Crippen MR) is 110 cm³/mol. The van der Waals surface area contributed by atoms with E-state index in [2.05, 4.69) is 38.6 Å². The summed E-state index contributed by atoms with van der Waals surface area (Å²) in [6.45, 7) is 7.69. The predicted octanol–water partition coefficient (Wildman–Crippen LogP) is 1.59. The van der Waals surface area contributed by atoms with E-state index < -0.39 is 0 Å². The maximum Gasteiger partial charge on any atom is 0.214 e. The molecule has 1 aromatic carbocycles. The van der Waals surface area contributed by atoms with Crippen LogP contribution in [0.4, 0.5) is 5.69 Å². The van der Waals surface area contributed by atoms with Crippen LogP contribution < -0.4 is 10.3 Å². The maximum atomic E-state index is 9.09. The molecule has 1 fully saturated rings. The SMILES string of the molecule is Nc1c2c([n+](CCCN3CCN(CCO)CC3)c3ccccc13)CCCC2. The second-order valence-electron chi connectivity index (χ2n) is 7.98. The highest BCUT2D eigenvalue weighted by Gasteiger charge is 2.26. The van der Waals surface area contributed by atoms with Crippen molar-refractivity contribution in [2.75, 3.05) is 51.6 Å². The Kier molecular flexibility index (Phi) is 5.91. The number of hydrogen-bond acceptors (Lipinski definition) is 4. The van der Waals surface area contributed by atoms with E-state index in [1.54, 1.807) is 0 Å². The number of aliphatic hydroxyl groups is 1. The van der Waals surface area contributed by atoms with Gasteiger partial charge in [-0.25, -0.2) is 0 Å². The van der Waals surface area contributed by atoms with Crippen molar-refractivity contribution in [1.29, 1.82) is 0 Å². The van der Waals surface area contributed by atoms with Crippen LogP contribution in [0.1, 0.15) is 30.5 Å². The highest BCUT2D eigenvalue weighted by molar-refractivity contribution is 5.89. The highest BCUT2D eigenvalue weighted by Crippen LogP contribution is 2.30. The molecule has 146 valence electrons. The molecule has 2 heterocycles. The zero-order valence-electron chi connectivity index (χ0n) is 16.4. The van der Waals surface area contributed by atoms with Gasteiger partial charge in [0.1, 0.15) is 0 Å². The van der Waals surface area contributed by atoms with E-state index in [1.165, 1.54) is 41.4 Å². The topological polar surface area (TPSA) is 56.6 Å². The van der Waals surface area contributed by atoms with Crippen molar-refractivity contribution < 1.29 is 9.67 Å². The maximum absolute atomic E-state index is 9.09. The highest BCUT2D eigenvalue weighted by atomic mass is 16.3. The summed E-state index contributed by atoms with van der Waals surface area (Å²) < 4.78 is 2.56. The first-order chi connectivity index (χ1) is 13.3. The molecular formula is C22H33N4O+. The molecule has 0 radical (unpaired) electrons. The Hall–Kier alpha value is -1.69. The van der Waals surface area contributed by atoms with Crippen molar-refractivity contribution in [3.63, 3.8) is 0 Å². The number of piperazine rings is 1. The molecule has 0 bridgehead atoms. The second kappa shape index (κ2) is 8.55. The lowest BCUT2D eigenvalue weighted by atomic mass is 9.92. The number of rotatable bonds is 6. The Bertz CT molecular complexity index is 783. The number of benzene rings is 1. The third-order valence-electron chi connectivity index (χ3n) is 6.31. The largest absolute Gasteiger partial charge is 0.398 e. The number of fused-ring (bicyclic) bond motifs is 2. The first-order valence-electron chi connectivity index (χ1n) is 10.6. The van der Waals surface area contributed by atoms with Gasteiger partial charge >= 0.3 is 0 Å².